The van der Waals surface area contributed by atoms with Gasteiger partial charge in [0.15, 0.2) is 0 Å². The van der Waals surface area contributed by atoms with Gasteiger partial charge >= 0.3 is 0 Å². The predicted molar refractivity (Wildman–Crippen MR) is 317 cm³/mol. The van der Waals surface area contributed by atoms with Gasteiger partial charge in [0, 0.05) is 48.2 Å². The van der Waals surface area contributed by atoms with Crippen molar-refractivity contribution in [1.29, 1.82) is 0 Å². The molecule has 5 heteroatoms. The van der Waals surface area contributed by atoms with Crippen molar-refractivity contribution in [2.45, 2.75) is 112 Å². The average molecular weight is 1190 g/mol. The maximum absolute atomic E-state index is 12.9. The quantitative estimate of drug-likeness (QED) is 0.154. The van der Waals surface area contributed by atoms with Crippen LogP contribution in [0.3, 0.4) is 0 Å². The zero-order chi connectivity index (χ0) is 62.7. The number of benzene rings is 8. The van der Waals surface area contributed by atoms with Crippen LogP contribution < -0.4 is 0 Å². The maximum atomic E-state index is 12.9. The fourth-order valence-electron chi connectivity index (χ4n) is 9.68. The predicted octanol–water partition coefficient (Wildman–Crippen LogP) is 19.1. The molecule has 0 amide bonds. The van der Waals surface area contributed by atoms with Crippen molar-refractivity contribution >= 4 is 11.0 Å². The topological polar surface area (TPSA) is 50.9 Å². The third kappa shape index (κ3) is 10.7. The van der Waals surface area contributed by atoms with Crippen molar-refractivity contribution in [2.24, 2.45) is 0 Å². The molecule has 1 N–H and O–H groups in total. The third-order valence-electron chi connectivity index (χ3n) is 14.1. The molecular weight excluding hydrogens is 1110 g/mol. The minimum atomic E-state index is -2.55. The third-order valence-corrected chi connectivity index (χ3v) is 14.1. The normalized spacial score (nSPS) is 14.4. The number of phenols is 1. The minimum absolute atomic E-state index is 0. The van der Waals surface area contributed by atoms with E-state index in [1.807, 2.05) is 95.6 Å². The number of fused-ring (bicyclic) bond motifs is 1. The number of aromatic nitrogens is 3. The van der Waals surface area contributed by atoms with Crippen molar-refractivity contribution < 1.29 is 41.3 Å². The van der Waals surface area contributed by atoms with E-state index in [-0.39, 0.29) is 65.6 Å². The summed E-state index contributed by atoms with van der Waals surface area (Å²) in [5.74, 6) is 0.400. The smallest absolute Gasteiger partial charge is 0.148 e. The number of hydrogen-bond donors (Lipinski definition) is 1. The van der Waals surface area contributed by atoms with E-state index in [1.54, 1.807) is 12.1 Å². The van der Waals surface area contributed by atoms with Gasteiger partial charge < -0.3 is 5.11 Å². The Morgan fingerprint density at radius 2 is 1.13 bits per heavy atom. The number of nitrogens with zero attached hydrogens (tertiary/aromatic N) is 3. The van der Waals surface area contributed by atoms with E-state index in [0.29, 0.717) is 67.1 Å². The Labute approximate surface area is 481 Å². The Kier molecular flexibility index (Phi) is 11.0. The number of hydrogen-bond acceptors (Lipinski definition) is 3. The molecule has 0 aliphatic rings. The number of aryl methyl sites for hydroxylation is 1. The summed E-state index contributed by atoms with van der Waals surface area (Å²) in [5, 5.41) is 12.9. The van der Waals surface area contributed by atoms with Crippen molar-refractivity contribution in [2.75, 3.05) is 0 Å². The van der Waals surface area contributed by atoms with Crippen LogP contribution in [0.1, 0.15) is 126 Å². The van der Waals surface area contributed by atoms with E-state index in [2.05, 4.69) is 124 Å². The van der Waals surface area contributed by atoms with Crippen LogP contribution in [0.4, 0.5) is 0 Å². The first-order valence-electron chi connectivity index (χ1n) is 31.1. The van der Waals surface area contributed by atoms with Gasteiger partial charge in [-0.15, -0.1) is 23.8 Å². The van der Waals surface area contributed by atoms with Crippen LogP contribution in [0, 0.1) is 12.9 Å². The second kappa shape index (κ2) is 20.4. The van der Waals surface area contributed by atoms with Crippen LogP contribution in [-0.2, 0) is 42.7 Å². The molecular formula is C71H70N3OPt-. The molecule has 0 radical (unpaired) electrons. The monoisotopic (exact) mass is 1190 g/mol. The number of pyridine rings is 1. The van der Waals surface area contributed by atoms with Crippen LogP contribution in [0.2, 0.25) is 0 Å². The molecule has 4 nitrogen and oxygen atoms in total. The van der Waals surface area contributed by atoms with Crippen LogP contribution >= 0.6 is 0 Å². The van der Waals surface area contributed by atoms with Gasteiger partial charge in [-0.3, -0.25) is 9.55 Å². The summed E-state index contributed by atoms with van der Waals surface area (Å²) < 4.78 is 100. The van der Waals surface area contributed by atoms with E-state index in [0.717, 1.165) is 27.8 Å². The van der Waals surface area contributed by atoms with Crippen LogP contribution in [-0.4, -0.2) is 19.6 Å². The van der Waals surface area contributed by atoms with Crippen molar-refractivity contribution in [3.05, 3.63) is 216 Å². The van der Waals surface area contributed by atoms with E-state index < -0.39 is 66.2 Å². The molecule has 0 atom stereocenters. The summed E-state index contributed by atoms with van der Waals surface area (Å²) in [4.78, 5) is 10.2. The van der Waals surface area contributed by atoms with Gasteiger partial charge in [-0.2, -0.15) is 0 Å². The molecule has 76 heavy (non-hydrogen) atoms. The van der Waals surface area contributed by atoms with Crippen molar-refractivity contribution in [3.8, 4) is 89.7 Å². The van der Waals surface area contributed by atoms with Gasteiger partial charge in [-0.25, -0.2) is 4.98 Å². The SMILES string of the molecule is [2H]c1nc(-c2[c-]c(-c3cccc4c3nc(-c3cc(C(C)(C)C)cc(C(C)(C)C)c3O)n4-c3cc(-c4ccccc4)c(C([2H])([2H])[2H])cc3-c3ccc(C(C)(C)C)cc3)cc(-c3ccc(C(C)(C)C)cc3)c2)c([2H])c(-c2c([2H])c([2H])c([2H])c([2H])c2[2H])c1[2H].[Pt]. The molecule has 0 aliphatic carbocycles. The minimum Gasteiger partial charge on any atom is -0.507 e. The summed E-state index contributed by atoms with van der Waals surface area (Å²) in [6.45, 7) is 22.8. The van der Waals surface area contributed by atoms with Gasteiger partial charge in [-0.1, -0.05) is 233 Å². The zero-order valence-electron chi connectivity index (χ0n) is 56.3. The molecule has 0 saturated heterocycles. The molecule has 10 rings (SSSR count). The molecule has 2 heterocycles. The zero-order valence-corrected chi connectivity index (χ0v) is 47.6. The molecule has 386 valence electrons. The largest absolute Gasteiger partial charge is 0.507 e. The molecule has 8 aromatic carbocycles. The van der Waals surface area contributed by atoms with Gasteiger partial charge in [-0.05, 0) is 114 Å². The van der Waals surface area contributed by atoms with Crippen LogP contribution in [0.25, 0.3) is 95.0 Å². The molecule has 0 spiro atoms. The second-order valence-electron chi connectivity index (χ2n) is 23.7. The van der Waals surface area contributed by atoms with E-state index in [1.165, 1.54) is 0 Å². The number of phenolic OH excluding ortho intramolecular Hbond substituents is 1. The standard InChI is InChI=1S/C71H70N3O.Pt/c1-45-37-59(49-29-33-55(34-30-49)69(5,6)7)64(44-58(45)48-23-18-15-19-24-48)74-63-26-20-25-57(65(63)73-67(74)60-42-56(70(8,9)10)43-61(66(60)75)71(11,12)13)52-38-51(47-27-31-54(32-28-47)68(2,3)4)39-53(40-52)62-41-50(35-36-72-62)46-21-16-14-17-22-46;/h14-39,41-44,75H,1-13H3;/q-1;/i1D3,14D,16D,17D,21D,22D,35D,36D,41D;. The summed E-state index contributed by atoms with van der Waals surface area (Å²) in [6.07, 6.45) is -0.576. The van der Waals surface area contributed by atoms with Gasteiger partial charge in [0.1, 0.15) is 11.6 Å². The van der Waals surface area contributed by atoms with E-state index in [9.17, 15) is 6.48 Å². The van der Waals surface area contributed by atoms with Gasteiger partial charge in [0.05, 0.1) is 33.3 Å². The van der Waals surface area contributed by atoms with E-state index >= 15 is 0 Å². The molecule has 2 aromatic heterocycles. The number of rotatable bonds is 8. The first-order valence-corrected chi connectivity index (χ1v) is 25.6. The van der Waals surface area contributed by atoms with Gasteiger partial charge in [0.2, 0.25) is 0 Å². The van der Waals surface area contributed by atoms with E-state index in [4.69, 9.17) is 18.7 Å². The summed E-state index contributed by atoms with van der Waals surface area (Å²) in [7, 11) is 0. The fraction of sp³-hybridized carbons (Fsp3) is 0.239. The van der Waals surface area contributed by atoms with Gasteiger partial charge in [0.25, 0.3) is 0 Å². The number of imidazole rings is 1. The fourth-order valence-corrected chi connectivity index (χ4v) is 9.68. The Morgan fingerprint density at radius 1 is 0.513 bits per heavy atom. The maximum Gasteiger partial charge on any atom is 0.148 e. The average Bonchev–Trinajstić information content (AvgIpc) is 2.00. The molecule has 0 unspecified atom stereocenters. The Bertz CT molecular complexity index is 4310. The first-order chi connectivity index (χ1) is 40.1. The summed E-state index contributed by atoms with van der Waals surface area (Å²) in [5.41, 5.74) is 9.22. The van der Waals surface area contributed by atoms with Crippen LogP contribution in [0.15, 0.2) is 182 Å². The second-order valence-corrected chi connectivity index (χ2v) is 23.7. The molecule has 0 fully saturated rings. The molecule has 10 aromatic rings. The van der Waals surface area contributed by atoms with Crippen molar-refractivity contribution in [3.63, 3.8) is 0 Å². The Balaban J connectivity index is 0.00000902. The molecule has 0 aliphatic heterocycles. The Morgan fingerprint density at radius 3 is 1.75 bits per heavy atom. The summed E-state index contributed by atoms with van der Waals surface area (Å²) >= 11 is 0. The number of para-hydroxylation sites is 1. The van der Waals surface area contributed by atoms with Crippen LogP contribution in [0.5, 0.6) is 5.75 Å². The Hall–Kier alpha value is -7.13. The first kappa shape index (κ1) is 41.1. The molecule has 0 saturated carbocycles. The summed E-state index contributed by atoms with van der Waals surface area (Å²) in [6, 6.07) is 42.4. The number of aromatic hydroxyl groups is 1. The van der Waals surface area contributed by atoms with Crippen molar-refractivity contribution in [1.82, 2.24) is 14.5 Å². The molecule has 0 bridgehead atoms.